The number of aliphatic carboxylic acids is 1. The minimum absolute atomic E-state index is 0.335. The van der Waals surface area contributed by atoms with Crippen molar-refractivity contribution in [1.29, 1.82) is 0 Å². The van der Waals surface area contributed by atoms with Gasteiger partial charge >= 0.3 is 5.97 Å². The van der Waals surface area contributed by atoms with Crippen LogP contribution in [0.3, 0.4) is 0 Å². The van der Waals surface area contributed by atoms with Gasteiger partial charge < -0.3 is 15.3 Å². The highest BCUT2D eigenvalue weighted by atomic mass is 16.4. The number of likely N-dealkylation sites (tertiary alicyclic amines) is 1. The second-order valence-electron chi connectivity index (χ2n) is 5.93. The molecule has 1 saturated carbocycles. The lowest BCUT2D eigenvalue weighted by molar-refractivity contribution is -0.145. The lowest BCUT2D eigenvalue weighted by Gasteiger charge is -2.33. The van der Waals surface area contributed by atoms with E-state index in [2.05, 4.69) is 17.3 Å². The summed E-state index contributed by atoms with van der Waals surface area (Å²) in [6.45, 7) is 4.95. The van der Waals surface area contributed by atoms with Crippen molar-refractivity contribution in [2.75, 3.05) is 26.7 Å². The van der Waals surface area contributed by atoms with E-state index in [1.54, 1.807) is 0 Å². The van der Waals surface area contributed by atoms with Gasteiger partial charge in [0, 0.05) is 13.1 Å². The molecule has 0 amide bonds. The third-order valence-electron chi connectivity index (χ3n) is 4.32. The van der Waals surface area contributed by atoms with Crippen LogP contribution in [0, 0.1) is 11.8 Å². The van der Waals surface area contributed by atoms with Crippen LogP contribution in [0.15, 0.2) is 0 Å². The first-order valence-electron chi connectivity index (χ1n) is 6.69. The lowest BCUT2D eigenvalue weighted by Crippen LogP contribution is -2.54. The normalized spacial score (nSPS) is 29.9. The van der Waals surface area contributed by atoms with E-state index in [0.29, 0.717) is 11.8 Å². The van der Waals surface area contributed by atoms with Crippen LogP contribution in [0.4, 0.5) is 0 Å². The molecule has 1 aliphatic carbocycles. The molecule has 0 aromatic carbocycles. The third-order valence-corrected chi connectivity index (χ3v) is 4.32. The molecular weight excluding hydrogens is 216 g/mol. The lowest BCUT2D eigenvalue weighted by atomic mass is 9.93. The number of carboxylic acids is 1. The van der Waals surface area contributed by atoms with Crippen molar-refractivity contribution in [1.82, 2.24) is 10.2 Å². The van der Waals surface area contributed by atoms with Crippen molar-refractivity contribution in [3.05, 3.63) is 0 Å². The molecule has 2 aliphatic rings. The fourth-order valence-electron chi connectivity index (χ4n) is 2.85. The summed E-state index contributed by atoms with van der Waals surface area (Å²) < 4.78 is 0. The van der Waals surface area contributed by atoms with E-state index in [1.807, 2.05) is 6.92 Å². The van der Waals surface area contributed by atoms with Gasteiger partial charge in [-0.25, -0.2) is 0 Å². The molecule has 0 radical (unpaired) electrons. The SMILES string of the molecule is CN1CCCC(CNC(C)(C(=O)O)C2CC2)C1. The van der Waals surface area contributed by atoms with Crippen LogP contribution in [0.2, 0.25) is 0 Å². The Balaban J connectivity index is 1.85. The quantitative estimate of drug-likeness (QED) is 0.757. The summed E-state index contributed by atoms with van der Waals surface area (Å²) in [6, 6.07) is 0. The van der Waals surface area contributed by atoms with Crippen molar-refractivity contribution in [3.63, 3.8) is 0 Å². The van der Waals surface area contributed by atoms with E-state index in [1.165, 1.54) is 19.4 Å². The second kappa shape index (κ2) is 4.94. The zero-order valence-electron chi connectivity index (χ0n) is 10.9. The van der Waals surface area contributed by atoms with E-state index in [4.69, 9.17) is 0 Å². The first kappa shape index (κ1) is 12.8. The molecule has 1 saturated heterocycles. The third kappa shape index (κ3) is 2.99. The molecule has 4 heteroatoms. The van der Waals surface area contributed by atoms with Gasteiger partial charge in [-0.1, -0.05) is 0 Å². The maximum Gasteiger partial charge on any atom is 0.323 e. The molecule has 2 rings (SSSR count). The summed E-state index contributed by atoms with van der Waals surface area (Å²) in [5, 5.41) is 12.7. The predicted molar refractivity (Wildman–Crippen MR) is 67.0 cm³/mol. The van der Waals surface area contributed by atoms with Crippen molar-refractivity contribution in [3.8, 4) is 0 Å². The molecule has 0 bridgehead atoms. The highest BCUT2D eigenvalue weighted by Gasteiger charge is 2.47. The summed E-state index contributed by atoms with van der Waals surface area (Å²) >= 11 is 0. The summed E-state index contributed by atoms with van der Waals surface area (Å²) in [5.41, 5.74) is -0.698. The van der Waals surface area contributed by atoms with Crippen LogP contribution in [-0.4, -0.2) is 48.2 Å². The van der Waals surface area contributed by atoms with Crippen molar-refractivity contribution in [2.45, 2.75) is 38.1 Å². The Kier molecular flexibility index (Phi) is 3.73. The molecule has 0 aromatic rings. The number of hydrogen-bond acceptors (Lipinski definition) is 3. The fourth-order valence-corrected chi connectivity index (χ4v) is 2.85. The van der Waals surface area contributed by atoms with E-state index in [-0.39, 0.29) is 0 Å². The highest BCUT2D eigenvalue weighted by molar-refractivity contribution is 5.79. The number of nitrogens with zero attached hydrogens (tertiary/aromatic N) is 1. The Labute approximate surface area is 103 Å². The topological polar surface area (TPSA) is 52.6 Å². The maximum absolute atomic E-state index is 11.4. The zero-order valence-corrected chi connectivity index (χ0v) is 10.9. The van der Waals surface area contributed by atoms with Gasteiger partial charge in [-0.3, -0.25) is 4.79 Å². The number of carbonyl (C=O) groups is 1. The van der Waals surface area contributed by atoms with Gasteiger partial charge in [0.05, 0.1) is 0 Å². The molecule has 1 aliphatic heterocycles. The molecule has 98 valence electrons. The van der Waals surface area contributed by atoms with Crippen LogP contribution < -0.4 is 5.32 Å². The Morgan fingerprint density at radius 3 is 2.71 bits per heavy atom. The molecule has 2 N–H and O–H groups in total. The summed E-state index contributed by atoms with van der Waals surface area (Å²) in [4.78, 5) is 13.7. The molecular formula is C13H24N2O2. The van der Waals surface area contributed by atoms with Crippen molar-refractivity contribution >= 4 is 5.97 Å². The van der Waals surface area contributed by atoms with E-state index in [0.717, 1.165) is 25.9 Å². The van der Waals surface area contributed by atoms with Crippen molar-refractivity contribution in [2.24, 2.45) is 11.8 Å². The van der Waals surface area contributed by atoms with E-state index >= 15 is 0 Å². The predicted octanol–water partition coefficient (Wildman–Crippen LogP) is 1.17. The molecule has 1 heterocycles. The smallest absolute Gasteiger partial charge is 0.323 e. The molecule has 17 heavy (non-hydrogen) atoms. The largest absolute Gasteiger partial charge is 0.480 e. The van der Waals surface area contributed by atoms with Gasteiger partial charge in [0.25, 0.3) is 0 Å². The summed E-state index contributed by atoms with van der Waals surface area (Å²) in [5.74, 6) is 0.247. The first-order valence-corrected chi connectivity index (χ1v) is 6.69. The number of carboxylic acid groups (broad SMARTS) is 1. The molecule has 4 nitrogen and oxygen atoms in total. The number of nitrogens with one attached hydrogen (secondary N) is 1. The summed E-state index contributed by atoms with van der Waals surface area (Å²) in [7, 11) is 2.14. The molecule has 0 spiro atoms. The van der Waals surface area contributed by atoms with Gasteiger partial charge in [-0.2, -0.15) is 0 Å². The second-order valence-corrected chi connectivity index (χ2v) is 5.93. The Morgan fingerprint density at radius 1 is 1.47 bits per heavy atom. The van der Waals surface area contributed by atoms with Gasteiger partial charge in [0.1, 0.15) is 5.54 Å². The monoisotopic (exact) mass is 240 g/mol. The fraction of sp³-hybridized carbons (Fsp3) is 0.923. The zero-order chi connectivity index (χ0) is 12.5. The van der Waals surface area contributed by atoms with E-state index < -0.39 is 11.5 Å². The van der Waals surface area contributed by atoms with Crippen LogP contribution >= 0.6 is 0 Å². The Hall–Kier alpha value is -0.610. The summed E-state index contributed by atoms with van der Waals surface area (Å²) in [6.07, 6.45) is 4.56. The standard InChI is InChI=1S/C13H24N2O2/c1-13(12(16)17,11-5-6-11)14-8-10-4-3-7-15(2)9-10/h10-11,14H,3-9H2,1-2H3,(H,16,17). The van der Waals surface area contributed by atoms with Gasteiger partial charge in [-0.05, 0) is 58.0 Å². The average molecular weight is 240 g/mol. The number of piperidine rings is 1. The van der Waals surface area contributed by atoms with Crippen LogP contribution in [-0.2, 0) is 4.79 Å². The number of rotatable bonds is 5. The van der Waals surface area contributed by atoms with Crippen LogP contribution in [0.5, 0.6) is 0 Å². The first-order chi connectivity index (χ1) is 8.02. The Morgan fingerprint density at radius 2 is 2.18 bits per heavy atom. The maximum atomic E-state index is 11.4. The van der Waals surface area contributed by atoms with Crippen LogP contribution in [0.1, 0.15) is 32.6 Å². The number of hydrogen-bond donors (Lipinski definition) is 2. The molecule has 2 atom stereocenters. The molecule has 2 unspecified atom stereocenters. The molecule has 0 aromatic heterocycles. The minimum Gasteiger partial charge on any atom is -0.480 e. The van der Waals surface area contributed by atoms with Gasteiger partial charge in [0.15, 0.2) is 0 Å². The van der Waals surface area contributed by atoms with Gasteiger partial charge in [-0.15, -0.1) is 0 Å². The van der Waals surface area contributed by atoms with Crippen molar-refractivity contribution < 1.29 is 9.90 Å². The van der Waals surface area contributed by atoms with Gasteiger partial charge in [0.2, 0.25) is 0 Å². The average Bonchev–Trinajstić information content (AvgIpc) is 3.09. The van der Waals surface area contributed by atoms with Crippen LogP contribution in [0.25, 0.3) is 0 Å². The Bertz CT molecular complexity index is 291. The minimum atomic E-state index is -0.698. The van der Waals surface area contributed by atoms with E-state index in [9.17, 15) is 9.90 Å². The molecule has 2 fully saturated rings. The highest BCUT2D eigenvalue weighted by Crippen LogP contribution is 2.39.